The summed E-state index contributed by atoms with van der Waals surface area (Å²) < 4.78 is 154. The molecule has 0 bridgehead atoms. The molecule has 37 heteroatoms. The molecule has 0 aromatic heterocycles. The molecule has 0 saturated heterocycles. The fourth-order valence-electron chi connectivity index (χ4n) is 9.52. The molecule has 0 spiro atoms. The van der Waals surface area contributed by atoms with Gasteiger partial charge in [-0.3, -0.25) is 18.2 Å². The minimum atomic E-state index is -5.57. The second-order valence-electron chi connectivity index (χ2n) is 19.8. The lowest BCUT2D eigenvalue weighted by Gasteiger charge is -2.14. The smallest absolute Gasteiger partial charge is 0.337 e. The lowest BCUT2D eigenvalue weighted by atomic mass is 10.1. The molecule has 0 aliphatic carbocycles. The van der Waals surface area contributed by atoms with Crippen molar-refractivity contribution >= 4 is 152 Å². The molecule has 0 radical (unpaired) electrons. The Morgan fingerprint density at radius 1 is 0.442 bits per heavy atom. The van der Waals surface area contributed by atoms with Gasteiger partial charge in [-0.1, -0.05) is 18.2 Å². The summed E-state index contributed by atoms with van der Waals surface area (Å²) in [4.78, 5) is 7.43. The predicted molar refractivity (Wildman–Crippen MR) is 337 cm³/mol. The summed E-state index contributed by atoms with van der Waals surface area (Å²) in [6.45, 7) is -2.26. The summed E-state index contributed by atoms with van der Waals surface area (Å²) in [6.07, 6.45) is 0. The first-order chi connectivity index (χ1) is 45.0. The number of anilines is 1. The molecule has 488 valence electrons. The van der Waals surface area contributed by atoms with Gasteiger partial charge in [0.1, 0.15) is 85.8 Å². The summed E-state index contributed by atoms with van der Waals surface area (Å²) in [5.41, 5.74) is -2.50. The highest BCUT2D eigenvalue weighted by Gasteiger charge is 2.29. The summed E-state index contributed by atoms with van der Waals surface area (Å²) in [6, 6.07) is 26.9. The van der Waals surface area contributed by atoms with Crippen LogP contribution in [0.2, 0.25) is 0 Å². The Balaban J connectivity index is 0.993. The van der Waals surface area contributed by atoms with Crippen molar-refractivity contribution in [1.29, 1.82) is 0 Å². The van der Waals surface area contributed by atoms with Gasteiger partial charge in [-0.2, -0.15) is 38.8 Å². The van der Waals surface area contributed by atoms with Gasteiger partial charge in [-0.25, -0.2) is 4.79 Å². The lowest BCUT2D eigenvalue weighted by Crippen LogP contribution is -2.04. The summed E-state index contributed by atoms with van der Waals surface area (Å²) in [5, 5.41) is 117. The fourth-order valence-corrected chi connectivity index (χ4v) is 12.1. The molecule has 0 aliphatic rings. The van der Waals surface area contributed by atoms with Gasteiger partial charge in [0.05, 0.1) is 51.0 Å². The molecule has 95 heavy (non-hydrogen) atoms. The third-order valence-corrected chi connectivity index (χ3v) is 17.3. The number of rotatable bonds is 22. The molecule has 33 nitrogen and oxygen atoms in total. The highest BCUT2D eigenvalue weighted by atomic mass is 32.2. The fraction of sp³-hybridized carbons (Fsp3) is 0.0862. The Morgan fingerprint density at radius 3 is 1.58 bits per heavy atom. The van der Waals surface area contributed by atoms with Crippen LogP contribution in [0.5, 0.6) is 34.5 Å². The van der Waals surface area contributed by atoms with Gasteiger partial charge in [0.2, 0.25) is 0 Å². The van der Waals surface area contributed by atoms with E-state index in [0.717, 1.165) is 42.5 Å². The number of nitrogens with zero attached hydrogens (tertiary/aromatic N) is 10. The zero-order chi connectivity index (χ0) is 68.5. The maximum atomic E-state index is 13.3. The molecule has 10 aromatic rings. The van der Waals surface area contributed by atoms with Gasteiger partial charge < -0.3 is 50.5 Å². The van der Waals surface area contributed by atoms with Crippen LogP contribution in [0.25, 0.3) is 43.1 Å². The van der Waals surface area contributed by atoms with Crippen LogP contribution in [0.4, 0.5) is 62.6 Å². The number of azo groups is 5. The van der Waals surface area contributed by atoms with Crippen LogP contribution >= 0.6 is 0 Å². The maximum absolute atomic E-state index is 13.3. The first kappa shape index (κ1) is 66.8. The van der Waals surface area contributed by atoms with Crippen molar-refractivity contribution in [3.8, 4) is 34.5 Å². The number of aromatic hydroxyl groups is 4. The number of hydrogen-bond donors (Lipinski definition) is 12. The van der Waals surface area contributed by atoms with E-state index in [1.807, 2.05) is 0 Å². The average Bonchev–Trinajstić information content (AvgIpc) is 0.750. The Labute approximate surface area is 534 Å². The number of aromatic carboxylic acids is 1. The summed E-state index contributed by atoms with van der Waals surface area (Å²) in [7, 11) is -19.6. The van der Waals surface area contributed by atoms with Gasteiger partial charge in [-0.05, 0) is 108 Å². The van der Waals surface area contributed by atoms with E-state index in [2.05, 4.69) is 56.5 Å². The number of phenolic OH excluding ortho intramolecular Hbond substituents is 4. The number of carboxylic acid groups (broad SMARTS) is 1. The highest BCUT2D eigenvalue weighted by molar-refractivity contribution is 7.87. The number of carbonyl (C=O) groups is 1. The average molecular weight is 1380 g/mol. The van der Waals surface area contributed by atoms with E-state index in [1.165, 1.54) is 67.7 Å². The third kappa shape index (κ3) is 14.1. The molecule has 0 atom stereocenters. The van der Waals surface area contributed by atoms with Crippen molar-refractivity contribution in [3.63, 3.8) is 0 Å². The summed E-state index contributed by atoms with van der Waals surface area (Å²) in [5.74, 6) is -4.63. The molecule has 0 aliphatic heterocycles. The number of nitrogens with one attached hydrogen (secondary N) is 1. The predicted octanol–water partition coefficient (Wildman–Crippen LogP) is 12.7. The van der Waals surface area contributed by atoms with Gasteiger partial charge >= 0.3 is 5.97 Å². The van der Waals surface area contributed by atoms with Gasteiger partial charge in [-0.15, -0.1) is 46.0 Å². The molecule has 0 saturated carbocycles. The van der Waals surface area contributed by atoms with Crippen LogP contribution in [0.1, 0.15) is 10.4 Å². The van der Waals surface area contributed by atoms with Crippen LogP contribution in [-0.2, 0) is 40.5 Å². The van der Waals surface area contributed by atoms with E-state index in [0.29, 0.717) is 22.9 Å². The van der Waals surface area contributed by atoms with Gasteiger partial charge in [0, 0.05) is 52.2 Å². The number of hydrogen-bond acceptors (Lipinski definition) is 28. The third-order valence-electron chi connectivity index (χ3n) is 13.8. The first-order valence-corrected chi connectivity index (χ1v) is 32.6. The molecule has 0 unspecified atom stereocenters. The van der Waals surface area contributed by atoms with Crippen molar-refractivity contribution in [2.24, 2.45) is 51.1 Å². The Hall–Kier alpha value is -11.1. The lowest BCUT2D eigenvalue weighted by molar-refractivity contribution is 0.0697. The highest BCUT2D eigenvalue weighted by Crippen LogP contribution is 2.50. The van der Waals surface area contributed by atoms with Crippen LogP contribution in [0.3, 0.4) is 0 Å². The van der Waals surface area contributed by atoms with E-state index < -0.39 is 143 Å². The molecule has 0 heterocycles. The monoisotopic (exact) mass is 1380 g/mol. The number of carboxylic acids is 1. The Bertz CT molecular complexity index is 5500. The molecular weight excluding hydrogens is 1330 g/mol. The number of ether oxygens (including phenoxy) is 2. The topological polar surface area (TPSA) is 530 Å². The Morgan fingerprint density at radius 2 is 0.958 bits per heavy atom. The van der Waals surface area contributed by atoms with Crippen molar-refractivity contribution in [1.82, 2.24) is 0 Å². The van der Waals surface area contributed by atoms with Crippen LogP contribution in [-0.4, -0.2) is 127 Å². The van der Waals surface area contributed by atoms with Crippen LogP contribution in [0.15, 0.2) is 204 Å². The molecule has 10 rings (SSSR count). The standard InChI is InChI=1S/C58H45N11O22S4/c1-59-40-13-10-35-34(9-14-42(55(35)74)62-60-30-7-8-33-28(20-30)6-12-41(54(33)73)63-61-39-5-3-2-4-37(39)58(76)77)52(40)68-64-43-15-11-36-38(57(43)95(87,88)89)25-50(94(84,85)86)53(56(36)75)69-66-45-27-48(90-18-16-70)44(26-49(45)91-19-17-71)65-67-46-23-31(92(78,79)80)21-29-22-32(93(81,82)83)24-47(72)51(29)46/h2-15,20-27,59,70-75H,16-19H2,1H3,(H,76,77)(H,78,79,80)(H,81,82,83)(H,84,85,86)(H,87,88,89). The molecule has 12 N–H and O–H groups in total. The normalized spacial score (nSPS) is 12.7. The van der Waals surface area contributed by atoms with E-state index in [4.69, 9.17) is 9.47 Å². The number of phenols is 4. The Kier molecular flexibility index (Phi) is 18.6. The van der Waals surface area contributed by atoms with Gasteiger partial charge in [0.15, 0.2) is 17.2 Å². The number of fused-ring (bicyclic) bond motifs is 4. The van der Waals surface area contributed by atoms with Gasteiger partial charge in [0.25, 0.3) is 40.5 Å². The summed E-state index contributed by atoms with van der Waals surface area (Å²) >= 11 is 0. The van der Waals surface area contributed by atoms with Crippen LogP contribution in [0, 0.1) is 0 Å². The second-order valence-corrected chi connectivity index (χ2v) is 25.4. The maximum Gasteiger partial charge on any atom is 0.337 e. The van der Waals surface area contributed by atoms with Crippen molar-refractivity contribution < 1.29 is 102 Å². The second kappa shape index (κ2) is 26.5. The molecular formula is C58H45N11O22S4. The molecule has 10 aromatic carbocycles. The quantitative estimate of drug-likeness (QED) is 0.0221. The minimum absolute atomic E-state index is 0.0244. The zero-order valence-corrected chi connectivity index (χ0v) is 51.3. The van der Waals surface area contributed by atoms with E-state index in [1.54, 1.807) is 18.2 Å². The van der Waals surface area contributed by atoms with E-state index in [9.17, 15) is 92.4 Å². The number of benzene rings is 10. The largest absolute Gasteiger partial charge is 0.507 e. The SMILES string of the molecule is CNc1ccc2c(O)c(N=Nc3ccc4c(O)c(N=Nc5ccccc5C(=O)O)ccc4c3)ccc2c1N=Nc1ccc2c(O)c(N=Nc3cc(OCCO)c(N=Nc4cc(S(=O)(=O)O)cc5cc(S(=O)(=O)O)cc(O)c45)cc3OCCO)c(S(=O)(=O)O)cc2c1S(=O)(=O)O. The number of aliphatic hydroxyl groups is 2. The van der Waals surface area contributed by atoms with Crippen LogP contribution < -0.4 is 14.8 Å². The van der Waals surface area contributed by atoms with Crippen molar-refractivity contribution in [3.05, 3.63) is 139 Å². The molecule has 0 fully saturated rings. The molecule has 0 amide bonds. The minimum Gasteiger partial charge on any atom is -0.507 e. The van der Waals surface area contributed by atoms with Crippen molar-refractivity contribution in [2.45, 2.75) is 19.6 Å². The van der Waals surface area contributed by atoms with Crippen molar-refractivity contribution in [2.75, 3.05) is 38.8 Å². The van der Waals surface area contributed by atoms with E-state index in [-0.39, 0.29) is 84.2 Å². The first-order valence-electron chi connectivity index (χ1n) is 26.8. The number of aliphatic hydroxyl groups excluding tert-OH is 2. The van der Waals surface area contributed by atoms with E-state index >= 15 is 0 Å². The zero-order valence-electron chi connectivity index (χ0n) is 48.0.